The normalized spacial score (nSPS) is 13.1. The fraction of sp³-hybridized carbons (Fsp3) is 0.800. The Morgan fingerprint density at radius 2 is 0.730 bits per heavy atom. The van der Waals surface area contributed by atoms with Gasteiger partial charge in [0.1, 0.15) is 13.2 Å². The lowest BCUT2D eigenvalue weighted by Crippen LogP contribution is -2.44. The minimum atomic E-state index is -1.62. The molecular weight excluding hydrogens is 923 g/mol. The molecule has 0 aromatic heterocycles. The van der Waals surface area contributed by atoms with Crippen molar-refractivity contribution in [3.63, 3.8) is 0 Å². The van der Waals surface area contributed by atoms with Crippen LogP contribution >= 0.6 is 0 Å². The molecule has 2 unspecified atom stereocenters. The summed E-state index contributed by atoms with van der Waals surface area (Å²) in [6.07, 6.45) is 68.5. The number of carbonyl (C=O) groups is 3. The summed E-state index contributed by atoms with van der Waals surface area (Å²) in [6.45, 7) is 4.73. The molecule has 0 bridgehead atoms. The minimum Gasteiger partial charge on any atom is -0.545 e. The Morgan fingerprint density at radius 1 is 0.405 bits per heavy atom. The van der Waals surface area contributed by atoms with Gasteiger partial charge in [-0.05, 0) is 83.5 Å². The minimum absolute atomic E-state index is 0.146. The maximum Gasteiger partial charge on any atom is 0.306 e. The van der Waals surface area contributed by atoms with E-state index in [1.165, 1.54) is 180 Å². The Kier molecular flexibility index (Phi) is 53.9. The molecule has 0 aliphatic rings. The first-order valence-corrected chi connectivity index (χ1v) is 30.9. The van der Waals surface area contributed by atoms with E-state index < -0.39 is 24.3 Å². The van der Waals surface area contributed by atoms with Crippen LogP contribution in [0.1, 0.15) is 277 Å². The van der Waals surface area contributed by atoms with E-state index >= 15 is 0 Å². The highest BCUT2D eigenvalue weighted by Crippen LogP contribution is 2.16. The van der Waals surface area contributed by atoms with Gasteiger partial charge in [0.05, 0.1) is 40.3 Å². The van der Waals surface area contributed by atoms with Crippen LogP contribution in [-0.4, -0.2) is 82.3 Å². The van der Waals surface area contributed by atoms with Crippen molar-refractivity contribution in [1.82, 2.24) is 0 Å². The highest BCUT2D eigenvalue weighted by molar-refractivity contribution is 5.70. The van der Waals surface area contributed by atoms with E-state index in [1.54, 1.807) is 0 Å². The van der Waals surface area contributed by atoms with Gasteiger partial charge in [0.2, 0.25) is 0 Å². The van der Waals surface area contributed by atoms with Crippen molar-refractivity contribution in [3.05, 3.63) is 60.8 Å². The maximum absolute atomic E-state index is 12.9. The van der Waals surface area contributed by atoms with Crippen LogP contribution in [0.25, 0.3) is 0 Å². The number of aliphatic carboxylic acids is 1. The lowest BCUT2D eigenvalue weighted by Gasteiger charge is -2.26. The summed E-state index contributed by atoms with van der Waals surface area (Å²) < 4.78 is 22.7. The number of carboxylic acids is 1. The van der Waals surface area contributed by atoms with Gasteiger partial charge in [-0.3, -0.25) is 9.59 Å². The quantitative estimate of drug-likeness (QED) is 0.0195. The smallest absolute Gasteiger partial charge is 0.306 e. The molecule has 0 aliphatic carbocycles. The molecule has 0 heterocycles. The van der Waals surface area contributed by atoms with Gasteiger partial charge < -0.3 is 33.3 Å². The second kappa shape index (κ2) is 56.2. The number of nitrogens with zero attached hydrogens (tertiary/aromatic N) is 1. The number of allylic oxidation sites excluding steroid dienone is 10. The van der Waals surface area contributed by atoms with Crippen molar-refractivity contribution in [1.29, 1.82) is 0 Å². The Morgan fingerprint density at radius 3 is 1.09 bits per heavy atom. The average molecular weight is 1040 g/mol. The van der Waals surface area contributed by atoms with Gasteiger partial charge in [-0.15, -0.1) is 0 Å². The monoisotopic (exact) mass is 1040 g/mol. The lowest BCUT2D eigenvalue weighted by molar-refractivity contribution is -0.870. The third-order valence-electron chi connectivity index (χ3n) is 13.5. The molecule has 0 rings (SSSR count). The van der Waals surface area contributed by atoms with Crippen LogP contribution in [0.4, 0.5) is 0 Å². The maximum atomic E-state index is 12.9. The fourth-order valence-corrected chi connectivity index (χ4v) is 8.69. The molecule has 0 radical (unpaired) electrons. The summed E-state index contributed by atoms with van der Waals surface area (Å²) in [7, 11) is 5.92. The number of quaternary nitrogens is 1. The fourth-order valence-electron chi connectivity index (χ4n) is 8.69. The summed E-state index contributed by atoms with van der Waals surface area (Å²) in [4.78, 5) is 37.3. The van der Waals surface area contributed by atoms with E-state index in [0.717, 1.165) is 64.2 Å². The molecule has 0 saturated carbocycles. The van der Waals surface area contributed by atoms with Crippen LogP contribution in [0.3, 0.4) is 0 Å². The van der Waals surface area contributed by atoms with Crippen LogP contribution < -0.4 is 5.11 Å². The van der Waals surface area contributed by atoms with E-state index in [-0.39, 0.29) is 38.6 Å². The topological polar surface area (TPSA) is 111 Å². The SMILES string of the molecule is CCCCCC/C=C\C/C=C\CCCCCCCCCC(=O)OCC(COC(OCC[N+](C)(C)C)C(=O)[O-])OC(=O)CCCCCCCCCCCCCCCCCC/C=C\C/C=C\C/C=C\CCCCCCC. The van der Waals surface area contributed by atoms with Crippen LogP contribution in [-0.2, 0) is 33.3 Å². The summed E-state index contributed by atoms with van der Waals surface area (Å²) in [6, 6.07) is 0. The first-order valence-electron chi connectivity index (χ1n) is 30.9. The number of esters is 2. The van der Waals surface area contributed by atoms with Gasteiger partial charge in [0.15, 0.2) is 12.4 Å². The zero-order valence-corrected chi connectivity index (χ0v) is 49.0. The summed E-state index contributed by atoms with van der Waals surface area (Å²) in [5, 5.41) is 11.8. The van der Waals surface area contributed by atoms with Crippen molar-refractivity contribution >= 4 is 17.9 Å². The number of ether oxygens (including phenoxy) is 4. The molecule has 0 saturated heterocycles. The molecule has 0 aliphatic heterocycles. The number of likely N-dealkylation sites (N-methyl/N-ethyl adjacent to an activating group) is 1. The van der Waals surface area contributed by atoms with Crippen molar-refractivity contribution in [3.8, 4) is 0 Å². The number of hydrogen-bond donors (Lipinski definition) is 0. The molecule has 0 aromatic rings. The van der Waals surface area contributed by atoms with E-state index in [0.29, 0.717) is 17.4 Å². The largest absolute Gasteiger partial charge is 0.545 e. The second-order valence-electron chi connectivity index (χ2n) is 22.0. The Bertz CT molecular complexity index is 1400. The van der Waals surface area contributed by atoms with Crippen molar-refractivity contribution in [2.45, 2.75) is 289 Å². The van der Waals surface area contributed by atoms with Crippen LogP contribution in [0.2, 0.25) is 0 Å². The van der Waals surface area contributed by atoms with Crippen LogP contribution in [0, 0.1) is 0 Å². The first-order chi connectivity index (χ1) is 36.1. The highest BCUT2D eigenvalue weighted by atomic mass is 16.7. The first kappa shape index (κ1) is 71.0. The molecule has 0 fully saturated rings. The Labute approximate surface area is 456 Å². The molecule has 0 aromatic carbocycles. The van der Waals surface area contributed by atoms with Gasteiger partial charge in [0.25, 0.3) is 0 Å². The summed E-state index contributed by atoms with van der Waals surface area (Å²) in [5.41, 5.74) is 0. The number of hydrogen-bond acceptors (Lipinski definition) is 8. The third-order valence-corrected chi connectivity index (χ3v) is 13.5. The molecule has 9 nitrogen and oxygen atoms in total. The molecule has 74 heavy (non-hydrogen) atoms. The molecule has 2 atom stereocenters. The van der Waals surface area contributed by atoms with Crippen molar-refractivity contribution < 1.29 is 42.9 Å². The van der Waals surface area contributed by atoms with E-state index in [1.807, 2.05) is 21.1 Å². The van der Waals surface area contributed by atoms with E-state index in [4.69, 9.17) is 18.9 Å². The molecule has 0 N–H and O–H groups in total. The molecule has 430 valence electrons. The second-order valence-corrected chi connectivity index (χ2v) is 22.0. The average Bonchev–Trinajstić information content (AvgIpc) is 3.37. The predicted molar refractivity (Wildman–Crippen MR) is 311 cm³/mol. The number of rotatable bonds is 57. The number of carboxylic acid groups (broad SMARTS) is 1. The molecule has 0 amide bonds. The highest BCUT2D eigenvalue weighted by Gasteiger charge is 2.22. The Balaban J connectivity index is 4.15. The predicted octanol–water partition coefficient (Wildman–Crippen LogP) is 17.1. The van der Waals surface area contributed by atoms with Gasteiger partial charge in [-0.25, -0.2) is 0 Å². The number of carbonyl (C=O) groups excluding carboxylic acids is 3. The Hall–Kier alpha value is -3.01. The van der Waals surface area contributed by atoms with Gasteiger partial charge in [-0.2, -0.15) is 0 Å². The van der Waals surface area contributed by atoms with E-state index in [2.05, 4.69) is 74.6 Å². The molecular formula is C65H117NO8. The lowest BCUT2D eigenvalue weighted by atomic mass is 10.0. The van der Waals surface area contributed by atoms with Crippen molar-refractivity contribution in [2.24, 2.45) is 0 Å². The third kappa shape index (κ3) is 56.7. The van der Waals surface area contributed by atoms with E-state index in [9.17, 15) is 19.5 Å². The van der Waals surface area contributed by atoms with Crippen LogP contribution in [0.5, 0.6) is 0 Å². The van der Waals surface area contributed by atoms with Crippen LogP contribution in [0.15, 0.2) is 60.8 Å². The molecule has 9 heteroatoms. The molecule has 0 spiro atoms. The van der Waals surface area contributed by atoms with Gasteiger partial charge in [-0.1, -0.05) is 242 Å². The number of unbranched alkanes of at least 4 members (excludes halogenated alkanes) is 32. The standard InChI is InChI=1S/C65H117NO8/c1-6-8-10-12-14-16-18-20-22-24-26-27-28-29-30-31-32-33-34-35-36-37-38-40-42-44-46-48-50-52-54-56-63(68)74-61(60-73-65(64(69)70)71-58-57-66(3,4)5)59-72-62(67)55-53-51-49-47-45-43-41-39-25-23-21-19-17-15-13-11-9-7-2/h17-20,23-26,28-29,61,65H,6-16,21-22,27,30-60H2,1-5H3/b19-17-,20-18-,25-23-,26-24-,29-28-. The summed E-state index contributed by atoms with van der Waals surface area (Å²) >= 11 is 0. The summed E-state index contributed by atoms with van der Waals surface area (Å²) in [5.74, 6) is -2.28. The zero-order chi connectivity index (χ0) is 54.1. The van der Waals surface area contributed by atoms with Gasteiger partial charge >= 0.3 is 11.9 Å². The van der Waals surface area contributed by atoms with Gasteiger partial charge in [0, 0.05) is 12.8 Å². The zero-order valence-electron chi connectivity index (χ0n) is 49.0. The van der Waals surface area contributed by atoms with Crippen molar-refractivity contribution in [2.75, 3.05) is 47.5 Å².